The summed E-state index contributed by atoms with van der Waals surface area (Å²) in [7, 11) is 1.54. The van der Waals surface area contributed by atoms with E-state index in [1.807, 2.05) is 0 Å². The number of benzene rings is 1. The first-order valence-electron chi connectivity index (χ1n) is 8.41. The van der Waals surface area contributed by atoms with Gasteiger partial charge in [-0.25, -0.2) is 4.79 Å². The fourth-order valence-electron chi connectivity index (χ4n) is 3.02. The number of amides is 3. The van der Waals surface area contributed by atoms with Crippen molar-refractivity contribution in [3.05, 3.63) is 29.8 Å². The van der Waals surface area contributed by atoms with Crippen LogP contribution >= 0.6 is 12.2 Å². The van der Waals surface area contributed by atoms with E-state index >= 15 is 0 Å². The number of thiocarbonyl (C=S) groups is 1. The van der Waals surface area contributed by atoms with Gasteiger partial charge in [0.25, 0.3) is 5.91 Å². The van der Waals surface area contributed by atoms with Crippen LogP contribution in [0.3, 0.4) is 0 Å². The van der Waals surface area contributed by atoms with E-state index in [4.69, 9.17) is 21.7 Å². The molecule has 8 nitrogen and oxygen atoms in total. The molecule has 0 saturated carbocycles. The summed E-state index contributed by atoms with van der Waals surface area (Å²) >= 11 is 5.19. The molecule has 3 rings (SSSR count). The second-order valence-corrected chi connectivity index (χ2v) is 6.79. The number of methoxy groups -OCH3 is 1. The molecule has 3 N–H and O–H groups in total. The molecule has 0 unspecified atom stereocenters. The minimum absolute atomic E-state index is 0.0971. The first-order valence-corrected chi connectivity index (χ1v) is 8.82. The average Bonchev–Trinajstić information content (AvgIpc) is 3.23. The molecule has 26 heavy (non-hydrogen) atoms. The normalized spacial score (nSPS) is 25.2. The molecular weight excluding hydrogens is 356 g/mol. The van der Waals surface area contributed by atoms with Gasteiger partial charge in [0.15, 0.2) is 5.11 Å². The average molecular weight is 378 g/mol. The number of nitrogens with one attached hydrogen (secondary N) is 3. The number of hydrazine groups is 1. The van der Waals surface area contributed by atoms with Crippen LogP contribution in [0.15, 0.2) is 24.3 Å². The fraction of sp³-hybridized carbons (Fsp3) is 0.471. The highest BCUT2D eigenvalue weighted by Gasteiger charge is 2.50. The lowest BCUT2D eigenvalue weighted by atomic mass is 9.92. The Labute approximate surface area is 157 Å². The minimum atomic E-state index is -1.21. The fourth-order valence-corrected chi connectivity index (χ4v) is 3.20. The van der Waals surface area contributed by atoms with Gasteiger partial charge in [0.2, 0.25) is 0 Å². The maximum Gasteiger partial charge on any atom is 0.344 e. The van der Waals surface area contributed by atoms with Crippen molar-refractivity contribution in [1.82, 2.24) is 21.1 Å². The van der Waals surface area contributed by atoms with Crippen molar-refractivity contribution in [3.8, 4) is 5.75 Å². The van der Waals surface area contributed by atoms with Gasteiger partial charge >= 0.3 is 6.03 Å². The van der Waals surface area contributed by atoms with Crippen molar-refractivity contribution in [3.63, 3.8) is 0 Å². The molecule has 9 heteroatoms. The van der Waals surface area contributed by atoms with E-state index in [1.54, 1.807) is 38.3 Å². The van der Waals surface area contributed by atoms with Gasteiger partial charge in [-0.3, -0.25) is 10.2 Å². The number of imide groups is 1. The molecule has 0 bridgehead atoms. The number of hydrogen-bond acceptors (Lipinski definition) is 5. The highest BCUT2D eigenvalue weighted by Crippen LogP contribution is 2.30. The Morgan fingerprint density at radius 3 is 3.00 bits per heavy atom. The van der Waals surface area contributed by atoms with Crippen LogP contribution in [0, 0.1) is 0 Å². The Kier molecular flexibility index (Phi) is 5.28. The van der Waals surface area contributed by atoms with E-state index in [-0.39, 0.29) is 11.2 Å². The quantitative estimate of drug-likeness (QED) is 0.520. The molecule has 140 valence electrons. The van der Waals surface area contributed by atoms with Crippen molar-refractivity contribution in [2.24, 2.45) is 0 Å². The largest absolute Gasteiger partial charge is 0.497 e. The molecule has 2 heterocycles. The van der Waals surface area contributed by atoms with E-state index in [0.717, 1.165) is 24.5 Å². The van der Waals surface area contributed by atoms with Crippen LogP contribution < -0.4 is 20.8 Å². The number of hydrogen-bond donors (Lipinski definition) is 3. The Morgan fingerprint density at radius 1 is 1.50 bits per heavy atom. The van der Waals surface area contributed by atoms with E-state index in [9.17, 15) is 9.59 Å². The predicted octanol–water partition coefficient (Wildman–Crippen LogP) is 1.02. The maximum atomic E-state index is 12.9. The molecule has 1 aromatic rings. The van der Waals surface area contributed by atoms with Gasteiger partial charge in [-0.1, -0.05) is 12.1 Å². The van der Waals surface area contributed by atoms with Crippen LogP contribution in [0.2, 0.25) is 0 Å². The molecule has 3 amide bonds. The molecular formula is C17H22N4O4S. The molecule has 0 aromatic heterocycles. The first kappa shape index (κ1) is 18.4. The summed E-state index contributed by atoms with van der Waals surface area (Å²) in [4.78, 5) is 25.2. The zero-order chi connectivity index (χ0) is 18.7. The summed E-state index contributed by atoms with van der Waals surface area (Å²) in [5.41, 5.74) is 2.08. The summed E-state index contributed by atoms with van der Waals surface area (Å²) in [6.07, 6.45) is 2.09. The number of ether oxygens (including phenoxy) is 2. The van der Waals surface area contributed by atoms with Gasteiger partial charge in [-0.05, 0) is 49.7 Å². The summed E-state index contributed by atoms with van der Waals surface area (Å²) in [6, 6.07) is 6.45. The van der Waals surface area contributed by atoms with Crippen LogP contribution in [0.4, 0.5) is 4.79 Å². The number of carbonyl (C=O) groups is 2. The lowest BCUT2D eigenvalue weighted by Gasteiger charge is -2.23. The number of rotatable bonds is 5. The molecule has 2 fully saturated rings. The van der Waals surface area contributed by atoms with Crippen molar-refractivity contribution >= 4 is 29.3 Å². The minimum Gasteiger partial charge on any atom is -0.497 e. The number of nitrogens with zero attached hydrogens (tertiary/aromatic N) is 1. The van der Waals surface area contributed by atoms with Crippen LogP contribution in [-0.4, -0.2) is 48.4 Å². The highest BCUT2D eigenvalue weighted by molar-refractivity contribution is 7.80. The second-order valence-electron chi connectivity index (χ2n) is 6.38. The van der Waals surface area contributed by atoms with Crippen molar-refractivity contribution in [2.75, 3.05) is 20.3 Å². The SMILES string of the molecule is COc1cccc([C@]2(C)NC(=O)N(NC(=S)NC[C@H]3CCCO3)C2=O)c1. The molecule has 2 atom stereocenters. The number of urea groups is 1. The van der Waals surface area contributed by atoms with Crippen molar-refractivity contribution < 1.29 is 19.1 Å². The summed E-state index contributed by atoms with van der Waals surface area (Å²) < 4.78 is 10.7. The second kappa shape index (κ2) is 7.46. The maximum absolute atomic E-state index is 12.9. The molecule has 0 aliphatic carbocycles. The topological polar surface area (TPSA) is 91.9 Å². The summed E-state index contributed by atoms with van der Waals surface area (Å²) in [5.74, 6) is 0.156. The smallest absolute Gasteiger partial charge is 0.344 e. The third-order valence-electron chi connectivity index (χ3n) is 4.57. The van der Waals surface area contributed by atoms with Gasteiger partial charge in [-0.15, -0.1) is 0 Å². The molecule has 2 aliphatic rings. The van der Waals surface area contributed by atoms with Crippen LogP contribution in [0.5, 0.6) is 5.75 Å². The van der Waals surface area contributed by atoms with Gasteiger partial charge < -0.3 is 20.1 Å². The first-order chi connectivity index (χ1) is 12.4. The highest BCUT2D eigenvalue weighted by atomic mass is 32.1. The molecule has 2 saturated heterocycles. The Bertz CT molecular complexity index is 722. The number of carbonyl (C=O) groups excluding carboxylic acids is 2. The van der Waals surface area contributed by atoms with Gasteiger partial charge in [0, 0.05) is 13.2 Å². The molecule has 1 aromatic carbocycles. The van der Waals surface area contributed by atoms with Gasteiger partial charge in [-0.2, -0.15) is 5.01 Å². The molecule has 2 aliphatic heterocycles. The van der Waals surface area contributed by atoms with Crippen LogP contribution in [-0.2, 0) is 15.1 Å². The lowest BCUT2D eigenvalue weighted by molar-refractivity contribution is -0.132. The van der Waals surface area contributed by atoms with Gasteiger partial charge in [0.1, 0.15) is 11.3 Å². The third kappa shape index (κ3) is 3.58. The summed E-state index contributed by atoms with van der Waals surface area (Å²) in [6.45, 7) is 2.92. The Morgan fingerprint density at radius 2 is 2.31 bits per heavy atom. The van der Waals surface area contributed by atoms with Crippen LogP contribution in [0.1, 0.15) is 25.3 Å². The lowest BCUT2D eigenvalue weighted by Crippen LogP contribution is -2.52. The monoisotopic (exact) mass is 378 g/mol. The van der Waals surface area contributed by atoms with Crippen molar-refractivity contribution in [2.45, 2.75) is 31.4 Å². The van der Waals surface area contributed by atoms with Crippen LogP contribution in [0.25, 0.3) is 0 Å². The molecule has 0 radical (unpaired) electrons. The van der Waals surface area contributed by atoms with E-state index < -0.39 is 17.5 Å². The standard InChI is InChI=1S/C17H22N4O4S/c1-17(11-5-3-6-12(9-11)24-2)14(22)21(16(23)19-17)20-15(26)18-10-13-7-4-8-25-13/h3,5-6,9,13H,4,7-8,10H2,1-2H3,(H,19,23)(H2,18,20,26)/t13-,17+/m1/s1. The van der Waals surface area contributed by atoms with E-state index in [0.29, 0.717) is 17.9 Å². The molecule has 0 spiro atoms. The van der Waals surface area contributed by atoms with Gasteiger partial charge in [0.05, 0.1) is 13.2 Å². The predicted molar refractivity (Wildman–Crippen MR) is 98.4 cm³/mol. The Balaban J connectivity index is 1.66. The third-order valence-corrected chi connectivity index (χ3v) is 4.80. The van der Waals surface area contributed by atoms with E-state index in [2.05, 4.69) is 16.1 Å². The van der Waals surface area contributed by atoms with Crippen molar-refractivity contribution in [1.29, 1.82) is 0 Å². The van der Waals surface area contributed by atoms with E-state index in [1.165, 1.54) is 0 Å². The zero-order valence-electron chi connectivity index (χ0n) is 14.7. The summed E-state index contributed by atoms with van der Waals surface area (Å²) in [5, 5.41) is 6.77. The Hall–Kier alpha value is -2.39. The zero-order valence-corrected chi connectivity index (χ0v) is 15.5.